The quantitative estimate of drug-likeness (QED) is 0.286. The van der Waals surface area contributed by atoms with Crippen LogP contribution < -0.4 is 0 Å². The van der Waals surface area contributed by atoms with E-state index in [4.69, 9.17) is 14.5 Å². The topological polar surface area (TPSA) is 93.1 Å². The number of carbonyl (C=O) groups is 1. The second kappa shape index (κ2) is 8.42. The molecule has 0 radical (unpaired) electrons. The van der Waals surface area contributed by atoms with Gasteiger partial charge in [-0.2, -0.15) is 0 Å². The maximum Gasteiger partial charge on any atom is 0.469 e. The highest BCUT2D eigenvalue weighted by Crippen LogP contribution is 2.35. The van der Waals surface area contributed by atoms with Gasteiger partial charge in [0.15, 0.2) is 0 Å². The van der Waals surface area contributed by atoms with Crippen molar-refractivity contribution in [3.8, 4) is 0 Å². The molecule has 0 unspecified atom stereocenters. The summed E-state index contributed by atoms with van der Waals surface area (Å²) in [5.41, 5.74) is 0.375. The Morgan fingerprint density at radius 2 is 1.71 bits per heavy atom. The number of hydrogen-bond donors (Lipinski definition) is 2. The number of phosphoric acid groups is 1. The van der Waals surface area contributed by atoms with Crippen molar-refractivity contribution in [3.05, 3.63) is 12.2 Å². The number of rotatable bonds is 9. The fourth-order valence-electron chi connectivity index (χ4n) is 1.03. The summed E-state index contributed by atoms with van der Waals surface area (Å²) in [6.07, 6.45) is 2.87. The van der Waals surface area contributed by atoms with Crippen molar-refractivity contribution in [1.29, 1.82) is 0 Å². The van der Waals surface area contributed by atoms with Gasteiger partial charge in [-0.25, -0.2) is 9.36 Å². The lowest BCUT2D eigenvalue weighted by atomic mass is 10.2. The highest BCUT2D eigenvalue weighted by Gasteiger charge is 2.12. The van der Waals surface area contributed by atoms with E-state index in [0.29, 0.717) is 18.6 Å². The van der Waals surface area contributed by atoms with E-state index < -0.39 is 13.8 Å². The third kappa shape index (κ3) is 11.6. The molecule has 0 aromatic rings. The number of esters is 1. The Kier molecular flexibility index (Phi) is 8.08. The molecule has 7 heteroatoms. The number of ether oxygens (including phenoxy) is 1. The largest absolute Gasteiger partial charge is 0.469 e. The molecule has 0 saturated carbocycles. The normalized spacial score (nSPS) is 11.2. The molecule has 0 saturated heterocycles. The zero-order chi connectivity index (χ0) is 13.3. The summed E-state index contributed by atoms with van der Waals surface area (Å²) >= 11 is 0. The average molecular weight is 266 g/mol. The van der Waals surface area contributed by atoms with E-state index in [9.17, 15) is 9.36 Å². The molecule has 6 nitrogen and oxygen atoms in total. The van der Waals surface area contributed by atoms with Crippen molar-refractivity contribution in [2.45, 2.75) is 32.6 Å². The Bertz CT molecular complexity index is 295. The second-order valence-corrected chi connectivity index (χ2v) is 4.89. The standard InChI is InChI=1S/C10H19O6P/c1-9(2)10(11)15-7-5-3-4-6-8-16-17(12,13)14/h1,3-8H2,2H3,(H2,12,13,14). The van der Waals surface area contributed by atoms with Crippen LogP contribution in [0.3, 0.4) is 0 Å². The molecule has 0 amide bonds. The molecule has 0 fully saturated rings. The van der Waals surface area contributed by atoms with Crippen LogP contribution >= 0.6 is 7.82 Å². The minimum Gasteiger partial charge on any atom is -0.462 e. The first-order chi connectivity index (χ1) is 7.83. The molecular weight excluding hydrogens is 247 g/mol. The van der Waals surface area contributed by atoms with Crippen LogP contribution in [0.4, 0.5) is 0 Å². The Morgan fingerprint density at radius 3 is 2.18 bits per heavy atom. The van der Waals surface area contributed by atoms with Gasteiger partial charge in [0.1, 0.15) is 0 Å². The Morgan fingerprint density at radius 1 is 1.18 bits per heavy atom. The summed E-state index contributed by atoms with van der Waals surface area (Å²) in [5, 5.41) is 0. The van der Waals surface area contributed by atoms with Crippen molar-refractivity contribution in [2.24, 2.45) is 0 Å². The van der Waals surface area contributed by atoms with Crippen LogP contribution in [-0.4, -0.2) is 29.0 Å². The van der Waals surface area contributed by atoms with Crippen molar-refractivity contribution in [2.75, 3.05) is 13.2 Å². The van der Waals surface area contributed by atoms with E-state index in [2.05, 4.69) is 11.1 Å². The first-order valence-electron chi connectivity index (χ1n) is 5.35. The van der Waals surface area contributed by atoms with Crippen LogP contribution in [0.15, 0.2) is 12.2 Å². The van der Waals surface area contributed by atoms with E-state index in [1.807, 2.05) is 0 Å². The van der Waals surface area contributed by atoms with Gasteiger partial charge >= 0.3 is 13.8 Å². The van der Waals surface area contributed by atoms with Crippen LogP contribution in [0.5, 0.6) is 0 Å². The lowest BCUT2D eigenvalue weighted by Gasteiger charge is -2.05. The number of unbranched alkanes of at least 4 members (excludes halogenated alkanes) is 3. The molecular formula is C10H19O6P. The van der Waals surface area contributed by atoms with Gasteiger partial charge in [0.25, 0.3) is 0 Å². The maximum absolute atomic E-state index is 11.0. The van der Waals surface area contributed by atoms with Crippen molar-refractivity contribution >= 4 is 13.8 Å². The van der Waals surface area contributed by atoms with Crippen LogP contribution in [-0.2, 0) is 18.6 Å². The van der Waals surface area contributed by atoms with Gasteiger partial charge in [-0.05, 0) is 26.2 Å². The fourth-order valence-corrected chi connectivity index (χ4v) is 1.40. The monoisotopic (exact) mass is 266 g/mol. The third-order valence-corrected chi connectivity index (χ3v) is 2.40. The van der Waals surface area contributed by atoms with Gasteiger partial charge in [0.05, 0.1) is 13.2 Å². The number of hydrogen-bond acceptors (Lipinski definition) is 4. The Hall–Kier alpha value is -0.680. The fraction of sp³-hybridized carbons (Fsp3) is 0.700. The summed E-state index contributed by atoms with van der Waals surface area (Å²) in [6.45, 7) is 5.41. The molecule has 0 aromatic heterocycles. The predicted molar refractivity (Wildman–Crippen MR) is 62.2 cm³/mol. The van der Waals surface area contributed by atoms with Gasteiger partial charge in [0, 0.05) is 5.57 Å². The molecule has 0 aliphatic heterocycles. The molecule has 0 aliphatic carbocycles. The highest BCUT2D eigenvalue weighted by atomic mass is 31.2. The molecule has 0 aliphatic rings. The molecule has 0 atom stereocenters. The second-order valence-electron chi connectivity index (χ2n) is 3.65. The SMILES string of the molecule is C=C(C)C(=O)OCCCCCCOP(=O)(O)O. The van der Waals surface area contributed by atoms with Crippen molar-refractivity contribution in [1.82, 2.24) is 0 Å². The van der Waals surface area contributed by atoms with Crippen LogP contribution in [0.1, 0.15) is 32.6 Å². The first kappa shape index (κ1) is 16.3. The highest BCUT2D eigenvalue weighted by molar-refractivity contribution is 7.46. The molecule has 0 aromatic carbocycles. The summed E-state index contributed by atoms with van der Waals surface area (Å²) in [4.78, 5) is 27.7. The number of phosphoric ester groups is 1. The van der Waals surface area contributed by atoms with Gasteiger partial charge in [-0.1, -0.05) is 13.0 Å². The first-order valence-corrected chi connectivity index (χ1v) is 6.88. The zero-order valence-electron chi connectivity index (χ0n) is 9.92. The van der Waals surface area contributed by atoms with Crippen molar-refractivity contribution in [3.63, 3.8) is 0 Å². The average Bonchev–Trinajstić information content (AvgIpc) is 2.19. The summed E-state index contributed by atoms with van der Waals surface area (Å²) in [7, 11) is -4.33. The summed E-state index contributed by atoms with van der Waals surface area (Å²) < 4.78 is 19.5. The maximum atomic E-state index is 11.0. The molecule has 0 heterocycles. The van der Waals surface area contributed by atoms with Crippen LogP contribution in [0.2, 0.25) is 0 Å². The number of carbonyl (C=O) groups excluding carboxylic acids is 1. The van der Waals surface area contributed by atoms with Gasteiger partial charge in [-0.15, -0.1) is 0 Å². The molecule has 0 rings (SSSR count). The summed E-state index contributed by atoms with van der Waals surface area (Å²) in [6, 6.07) is 0. The predicted octanol–water partition coefficient (Wildman–Crippen LogP) is 1.78. The van der Waals surface area contributed by atoms with E-state index in [1.54, 1.807) is 6.92 Å². The van der Waals surface area contributed by atoms with Gasteiger partial charge in [-0.3, -0.25) is 4.52 Å². The van der Waals surface area contributed by atoms with Crippen molar-refractivity contribution < 1.29 is 28.4 Å². The van der Waals surface area contributed by atoms with E-state index >= 15 is 0 Å². The third-order valence-electron chi connectivity index (χ3n) is 1.88. The molecule has 0 spiro atoms. The lowest BCUT2D eigenvalue weighted by Crippen LogP contribution is -2.06. The van der Waals surface area contributed by atoms with Crippen LogP contribution in [0.25, 0.3) is 0 Å². The van der Waals surface area contributed by atoms with E-state index in [-0.39, 0.29) is 6.61 Å². The van der Waals surface area contributed by atoms with E-state index in [0.717, 1.165) is 19.3 Å². The van der Waals surface area contributed by atoms with E-state index in [1.165, 1.54) is 0 Å². The molecule has 17 heavy (non-hydrogen) atoms. The van der Waals surface area contributed by atoms with Gasteiger partial charge in [0.2, 0.25) is 0 Å². The molecule has 0 bridgehead atoms. The molecule has 2 N–H and O–H groups in total. The Labute approximate surface area is 101 Å². The lowest BCUT2D eigenvalue weighted by molar-refractivity contribution is -0.139. The Balaban J connectivity index is 3.28. The minimum absolute atomic E-state index is 0.0375. The zero-order valence-corrected chi connectivity index (χ0v) is 10.8. The summed E-state index contributed by atoms with van der Waals surface area (Å²) in [5.74, 6) is -0.394. The minimum atomic E-state index is -4.33. The molecule has 100 valence electrons. The smallest absolute Gasteiger partial charge is 0.462 e. The van der Waals surface area contributed by atoms with Crippen LogP contribution in [0, 0.1) is 0 Å². The van der Waals surface area contributed by atoms with Gasteiger partial charge < -0.3 is 14.5 Å².